The Labute approximate surface area is 247 Å². The lowest BCUT2D eigenvalue weighted by molar-refractivity contribution is -0.384. The van der Waals surface area contributed by atoms with E-state index in [1.54, 1.807) is 23.1 Å². The minimum absolute atomic E-state index is 0.0696. The normalized spacial score (nSPS) is 14.5. The van der Waals surface area contributed by atoms with Crippen molar-refractivity contribution < 1.29 is 33.1 Å². The Morgan fingerprint density at radius 3 is 2.57 bits per heavy atom. The summed E-state index contributed by atoms with van der Waals surface area (Å²) in [7, 11) is 0. The number of ether oxygens (including phenoxy) is 3. The van der Waals surface area contributed by atoms with E-state index in [0.29, 0.717) is 36.9 Å². The minimum atomic E-state index is -0.635. The molecule has 2 aliphatic rings. The molecular formula is C29H31ClN4O8. The molecule has 3 aromatic rings. The van der Waals surface area contributed by atoms with E-state index in [4.69, 9.17) is 30.2 Å². The third-order valence-corrected chi connectivity index (χ3v) is 7.42. The van der Waals surface area contributed by atoms with Gasteiger partial charge in [-0.15, -0.1) is 0 Å². The molecule has 0 N–H and O–H groups in total. The van der Waals surface area contributed by atoms with Gasteiger partial charge in [-0.2, -0.15) is 0 Å². The lowest BCUT2D eigenvalue weighted by atomic mass is 10.1. The van der Waals surface area contributed by atoms with E-state index in [9.17, 15) is 19.7 Å². The van der Waals surface area contributed by atoms with Gasteiger partial charge >= 0.3 is 0 Å². The van der Waals surface area contributed by atoms with Crippen LogP contribution >= 0.6 is 11.6 Å². The Kier molecular flexibility index (Phi) is 9.57. The summed E-state index contributed by atoms with van der Waals surface area (Å²) in [4.78, 5) is 43.6. The second-order valence-electron chi connectivity index (χ2n) is 9.97. The number of furan rings is 1. The topological polar surface area (TPSA) is 128 Å². The van der Waals surface area contributed by atoms with Gasteiger partial charge in [0, 0.05) is 44.4 Å². The number of morpholine rings is 1. The van der Waals surface area contributed by atoms with Crippen LogP contribution in [0.15, 0.2) is 59.2 Å². The highest BCUT2D eigenvalue weighted by Gasteiger charge is 2.26. The van der Waals surface area contributed by atoms with E-state index in [-0.39, 0.29) is 55.2 Å². The highest BCUT2D eigenvalue weighted by molar-refractivity contribution is 6.32. The number of fused-ring (bicyclic) bond motifs is 1. The molecule has 2 amide bonds. The summed E-state index contributed by atoms with van der Waals surface area (Å²) in [6.07, 6.45) is 2.14. The van der Waals surface area contributed by atoms with E-state index in [0.717, 1.165) is 31.3 Å². The highest BCUT2D eigenvalue weighted by atomic mass is 35.5. The molecule has 0 spiro atoms. The van der Waals surface area contributed by atoms with Crippen LogP contribution in [-0.4, -0.2) is 84.2 Å². The van der Waals surface area contributed by atoms with E-state index in [1.165, 1.54) is 23.3 Å². The number of rotatable bonds is 12. The first kappa shape index (κ1) is 29.4. The van der Waals surface area contributed by atoms with Gasteiger partial charge in [0.25, 0.3) is 11.6 Å². The predicted octanol–water partition coefficient (Wildman–Crippen LogP) is 3.96. The Hall–Kier alpha value is -4.13. The molecule has 0 radical (unpaired) electrons. The SMILES string of the molecule is O=C(CN(CCCN1CCOCC1)C(=O)c1ccc(Cl)c([N+](=O)[O-])c1)N(Cc1ccc2c(c1)OCO2)Cc1ccco1. The zero-order valence-corrected chi connectivity index (χ0v) is 23.7. The number of nitro benzene ring substituents is 1. The first-order valence-corrected chi connectivity index (χ1v) is 14.0. The van der Waals surface area contributed by atoms with Gasteiger partial charge in [0.2, 0.25) is 12.7 Å². The van der Waals surface area contributed by atoms with Gasteiger partial charge in [-0.3, -0.25) is 24.6 Å². The third kappa shape index (κ3) is 7.38. The van der Waals surface area contributed by atoms with Crippen LogP contribution in [0.5, 0.6) is 11.5 Å². The van der Waals surface area contributed by atoms with Gasteiger partial charge < -0.3 is 28.4 Å². The maximum absolute atomic E-state index is 13.8. The first-order chi connectivity index (χ1) is 20.4. The average Bonchev–Trinajstić information content (AvgIpc) is 3.68. The van der Waals surface area contributed by atoms with E-state index < -0.39 is 10.8 Å². The van der Waals surface area contributed by atoms with Crippen LogP contribution in [0.4, 0.5) is 5.69 Å². The molecule has 1 saturated heterocycles. The monoisotopic (exact) mass is 598 g/mol. The summed E-state index contributed by atoms with van der Waals surface area (Å²) >= 11 is 5.98. The van der Waals surface area contributed by atoms with Crippen molar-refractivity contribution in [2.75, 3.05) is 52.7 Å². The number of hydrogen-bond donors (Lipinski definition) is 0. The number of halogens is 1. The van der Waals surface area contributed by atoms with Crippen LogP contribution in [0.3, 0.4) is 0 Å². The van der Waals surface area contributed by atoms with Crippen LogP contribution in [-0.2, 0) is 22.6 Å². The highest BCUT2D eigenvalue weighted by Crippen LogP contribution is 2.33. The predicted molar refractivity (Wildman–Crippen MR) is 151 cm³/mol. The molecule has 5 rings (SSSR count). The second-order valence-corrected chi connectivity index (χ2v) is 10.4. The summed E-state index contributed by atoms with van der Waals surface area (Å²) < 4.78 is 21.8. The molecule has 0 saturated carbocycles. The summed E-state index contributed by atoms with van der Waals surface area (Å²) in [6, 6.07) is 12.9. The Balaban J connectivity index is 1.35. The molecule has 42 heavy (non-hydrogen) atoms. The maximum atomic E-state index is 13.8. The Morgan fingerprint density at radius 2 is 1.81 bits per heavy atom. The van der Waals surface area contributed by atoms with Gasteiger partial charge in [-0.05, 0) is 48.4 Å². The van der Waals surface area contributed by atoms with Crippen molar-refractivity contribution >= 4 is 29.1 Å². The summed E-state index contributed by atoms with van der Waals surface area (Å²) in [6.45, 7) is 4.20. The van der Waals surface area contributed by atoms with Gasteiger partial charge in [0.15, 0.2) is 11.5 Å². The fourth-order valence-electron chi connectivity index (χ4n) is 4.88. The molecule has 1 fully saturated rings. The third-order valence-electron chi connectivity index (χ3n) is 7.10. The Morgan fingerprint density at radius 1 is 1.00 bits per heavy atom. The molecule has 0 bridgehead atoms. The molecule has 2 aliphatic heterocycles. The standard InChI is InChI=1S/C29H31ClN4O8/c30-24-6-5-22(16-25(24)34(37)38)29(36)32(9-2-8-31-10-13-39-14-11-31)19-28(35)33(18-23-3-1-12-40-23)17-21-4-7-26-27(15-21)42-20-41-26/h1,3-7,12,15-16H,2,8-11,13-14,17-20H2. The second kappa shape index (κ2) is 13.7. The fourth-order valence-corrected chi connectivity index (χ4v) is 5.06. The number of hydrogen-bond acceptors (Lipinski definition) is 9. The largest absolute Gasteiger partial charge is 0.467 e. The number of carbonyl (C=O) groups is 2. The van der Waals surface area contributed by atoms with Crippen molar-refractivity contribution in [1.82, 2.24) is 14.7 Å². The average molecular weight is 599 g/mol. The van der Waals surface area contributed by atoms with Crippen molar-refractivity contribution in [3.63, 3.8) is 0 Å². The quantitative estimate of drug-likeness (QED) is 0.225. The molecule has 12 nitrogen and oxygen atoms in total. The van der Waals surface area contributed by atoms with Crippen molar-refractivity contribution in [2.45, 2.75) is 19.5 Å². The molecule has 3 heterocycles. The van der Waals surface area contributed by atoms with Crippen LogP contribution in [0, 0.1) is 10.1 Å². The van der Waals surface area contributed by atoms with Gasteiger partial charge in [-0.25, -0.2) is 0 Å². The number of benzene rings is 2. The Bertz CT molecular complexity index is 1410. The zero-order valence-electron chi connectivity index (χ0n) is 22.9. The van der Waals surface area contributed by atoms with Crippen molar-refractivity contribution in [1.29, 1.82) is 0 Å². The lowest BCUT2D eigenvalue weighted by Gasteiger charge is -2.30. The van der Waals surface area contributed by atoms with E-state index >= 15 is 0 Å². The van der Waals surface area contributed by atoms with Crippen molar-refractivity contribution in [3.8, 4) is 11.5 Å². The number of carbonyl (C=O) groups excluding carboxylic acids is 2. The first-order valence-electron chi connectivity index (χ1n) is 13.6. The minimum Gasteiger partial charge on any atom is -0.467 e. The number of amides is 2. The van der Waals surface area contributed by atoms with Crippen LogP contribution in [0.2, 0.25) is 5.02 Å². The van der Waals surface area contributed by atoms with Gasteiger partial charge in [0.1, 0.15) is 17.3 Å². The van der Waals surface area contributed by atoms with Crippen LogP contribution in [0.1, 0.15) is 28.1 Å². The fraction of sp³-hybridized carbons (Fsp3) is 0.379. The number of nitrogens with zero attached hydrogens (tertiary/aromatic N) is 4. The molecule has 222 valence electrons. The molecule has 2 aromatic carbocycles. The lowest BCUT2D eigenvalue weighted by Crippen LogP contribution is -2.44. The zero-order chi connectivity index (χ0) is 29.5. The maximum Gasteiger partial charge on any atom is 0.288 e. The van der Waals surface area contributed by atoms with Gasteiger partial charge in [0.05, 0.1) is 30.9 Å². The molecule has 0 aliphatic carbocycles. The van der Waals surface area contributed by atoms with Gasteiger partial charge in [-0.1, -0.05) is 17.7 Å². The van der Waals surface area contributed by atoms with Crippen molar-refractivity contribution in [3.05, 3.63) is 86.8 Å². The summed E-state index contributed by atoms with van der Waals surface area (Å²) in [5.41, 5.74) is 0.528. The smallest absolute Gasteiger partial charge is 0.288 e. The summed E-state index contributed by atoms with van der Waals surface area (Å²) in [5.74, 6) is 1.01. The molecule has 13 heteroatoms. The van der Waals surface area contributed by atoms with Crippen LogP contribution < -0.4 is 9.47 Å². The van der Waals surface area contributed by atoms with Crippen LogP contribution in [0.25, 0.3) is 0 Å². The molecular weight excluding hydrogens is 568 g/mol. The van der Waals surface area contributed by atoms with Crippen molar-refractivity contribution in [2.24, 2.45) is 0 Å². The molecule has 0 atom stereocenters. The summed E-state index contributed by atoms with van der Waals surface area (Å²) in [5, 5.41) is 11.4. The van der Waals surface area contributed by atoms with E-state index in [1.807, 2.05) is 12.1 Å². The van der Waals surface area contributed by atoms with E-state index in [2.05, 4.69) is 4.90 Å². The molecule has 0 unspecified atom stereocenters. The molecule has 1 aromatic heterocycles. The number of nitro groups is 1.